The molecule has 0 aromatic heterocycles. The van der Waals surface area contributed by atoms with Crippen LogP contribution in [0.4, 0.5) is 0 Å². The SMILES string of the molecule is COc1cc(O)ccc1[C@@H](N)[C@@H](O)Cc1ccccc1.Cl. The van der Waals surface area contributed by atoms with Gasteiger partial charge in [-0.05, 0) is 17.7 Å². The van der Waals surface area contributed by atoms with Gasteiger partial charge in [0.25, 0.3) is 0 Å². The predicted molar refractivity (Wildman–Crippen MR) is 85.0 cm³/mol. The highest BCUT2D eigenvalue weighted by Gasteiger charge is 2.21. The number of hydrogen-bond donors (Lipinski definition) is 3. The smallest absolute Gasteiger partial charge is 0.127 e. The molecule has 0 aliphatic carbocycles. The van der Waals surface area contributed by atoms with Gasteiger partial charge in [-0.1, -0.05) is 30.3 Å². The molecular weight excluding hydrogens is 290 g/mol. The van der Waals surface area contributed by atoms with Gasteiger partial charge < -0.3 is 20.7 Å². The molecule has 21 heavy (non-hydrogen) atoms. The van der Waals surface area contributed by atoms with Crippen molar-refractivity contribution < 1.29 is 14.9 Å². The summed E-state index contributed by atoms with van der Waals surface area (Å²) in [7, 11) is 1.51. The van der Waals surface area contributed by atoms with Crippen molar-refractivity contribution in [1.82, 2.24) is 0 Å². The third-order valence-corrected chi connectivity index (χ3v) is 3.28. The van der Waals surface area contributed by atoms with Gasteiger partial charge in [0.2, 0.25) is 0 Å². The van der Waals surface area contributed by atoms with Crippen molar-refractivity contribution in [2.24, 2.45) is 5.73 Å². The number of phenolic OH excluding ortho intramolecular Hbond substituents is 1. The van der Waals surface area contributed by atoms with Crippen molar-refractivity contribution in [2.45, 2.75) is 18.6 Å². The number of aromatic hydroxyl groups is 1. The van der Waals surface area contributed by atoms with Crippen molar-refractivity contribution in [3.63, 3.8) is 0 Å². The molecule has 4 N–H and O–H groups in total. The zero-order valence-electron chi connectivity index (χ0n) is 11.8. The van der Waals surface area contributed by atoms with Gasteiger partial charge in [-0.25, -0.2) is 0 Å². The topological polar surface area (TPSA) is 75.7 Å². The molecule has 2 rings (SSSR count). The standard InChI is InChI=1S/C16H19NO3.ClH/c1-20-15-10-12(18)7-8-13(15)16(17)14(19)9-11-5-3-2-4-6-11;/h2-8,10,14,16,18-19H,9,17H2,1H3;1H/t14-,16+;/m0./s1. The van der Waals surface area contributed by atoms with Gasteiger partial charge in [0.05, 0.1) is 19.3 Å². The van der Waals surface area contributed by atoms with Crippen LogP contribution in [0, 0.1) is 0 Å². The summed E-state index contributed by atoms with van der Waals surface area (Å²) >= 11 is 0. The summed E-state index contributed by atoms with van der Waals surface area (Å²) in [5.74, 6) is 0.583. The summed E-state index contributed by atoms with van der Waals surface area (Å²) in [6, 6.07) is 13.8. The van der Waals surface area contributed by atoms with Crippen LogP contribution in [0.1, 0.15) is 17.2 Å². The molecule has 0 saturated heterocycles. The Labute approximate surface area is 130 Å². The van der Waals surface area contributed by atoms with Gasteiger partial charge >= 0.3 is 0 Å². The van der Waals surface area contributed by atoms with Gasteiger partial charge in [0.15, 0.2) is 0 Å². The number of aliphatic hydroxyl groups excluding tert-OH is 1. The fraction of sp³-hybridized carbons (Fsp3) is 0.250. The van der Waals surface area contributed by atoms with Crippen molar-refractivity contribution >= 4 is 12.4 Å². The van der Waals surface area contributed by atoms with E-state index in [0.29, 0.717) is 17.7 Å². The lowest BCUT2D eigenvalue weighted by molar-refractivity contribution is 0.143. The van der Waals surface area contributed by atoms with Crippen LogP contribution in [0.25, 0.3) is 0 Å². The van der Waals surface area contributed by atoms with E-state index < -0.39 is 12.1 Å². The number of rotatable bonds is 5. The maximum Gasteiger partial charge on any atom is 0.127 e. The van der Waals surface area contributed by atoms with Crippen LogP contribution in [-0.2, 0) is 6.42 Å². The third kappa shape index (κ3) is 4.36. The number of benzene rings is 2. The highest BCUT2D eigenvalue weighted by Crippen LogP contribution is 2.30. The molecular formula is C16H20ClNO3. The van der Waals surface area contributed by atoms with Crippen LogP contribution < -0.4 is 10.5 Å². The average Bonchev–Trinajstić information content (AvgIpc) is 2.47. The molecule has 0 amide bonds. The van der Waals surface area contributed by atoms with Gasteiger partial charge in [-0.2, -0.15) is 0 Å². The molecule has 0 radical (unpaired) electrons. The lowest BCUT2D eigenvalue weighted by Crippen LogP contribution is -2.28. The molecule has 0 heterocycles. The van der Waals surface area contributed by atoms with Crippen molar-refractivity contribution in [3.05, 3.63) is 59.7 Å². The first-order valence-electron chi connectivity index (χ1n) is 6.46. The second-order valence-corrected chi connectivity index (χ2v) is 4.71. The van der Waals surface area contributed by atoms with Crippen LogP contribution in [0.3, 0.4) is 0 Å². The number of ether oxygens (including phenoxy) is 1. The lowest BCUT2D eigenvalue weighted by atomic mass is 9.96. The Morgan fingerprint density at radius 2 is 1.81 bits per heavy atom. The Bertz CT molecular complexity index is 563. The number of hydrogen-bond acceptors (Lipinski definition) is 4. The van der Waals surface area contributed by atoms with E-state index in [4.69, 9.17) is 10.5 Å². The summed E-state index contributed by atoms with van der Waals surface area (Å²) in [6.45, 7) is 0. The van der Waals surface area contributed by atoms with Crippen LogP contribution in [-0.4, -0.2) is 23.4 Å². The van der Waals surface area contributed by atoms with Crippen LogP contribution in [0.5, 0.6) is 11.5 Å². The number of halogens is 1. The fourth-order valence-corrected chi connectivity index (χ4v) is 2.17. The Kier molecular flexibility index (Phi) is 6.49. The highest BCUT2D eigenvalue weighted by molar-refractivity contribution is 5.85. The summed E-state index contributed by atoms with van der Waals surface area (Å²) in [5.41, 5.74) is 7.80. The molecule has 0 aliphatic heterocycles. The number of aliphatic hydroxyl groups is 1. The molecule has 0 spiro atoms. The Hall–Kier alpha value is -1.75. The molecule has 2 aromatic carbocycles. The fourth-order valence-electron chi connectivity index (χ4n) is 2.17. The van der Waals surface area contributed by atoms with Gasteiger partial charge in [-0.3, -0.25) is 0 Å². The summed E-state index contributed by atoms with van der Waals surface area (Å²) in [6.07, 6.45) is -0.262. The first-order chi connectivity index (χ1) is 9.61. The van der Waals surface area contributed by atoms with Gasteiger partial charge in [-0.15, -0.1) is 12.4 Å². The molecule has 0 unspecified atom stereocenters. The molecule has 2 aromatic rings. The maximum atomic E-state index is 10.3. The zero-order valence-corrected chi connectivity index (χ0v) is 12.6. The van der Waals surface area contributed by atoms with E-state index in [0.717, 1.165) is 5.56 Å². The maximum absolute atomic E-state index is 10.3. The summed E-state index contributed by atoms with van der Waals surface area (Å²) in [4.78, 5) is 0. The van der Waals surface area contributed by atoms with Gasteiger partial charge in [0, 0.05) is 18.1 Å². The number of nitrogens with two attached hydrogens (primary N) is 1. The number of phenols is 1. The average molecular weight is 310 g/mol. The Balaban J connectivity index is 0.00000220. The highest BCUT2D eigenvalue weighted by atomic mass is 35.5. The zero-order chi connectivity index (χ0) is 14.5. The van der Waals surface area contributed by atoms with Crippen LogP contribution in [0.2, 0.25) is 0 Å². The summed E-state index contributed by atoms with van der Waals surface area (Å²) < 4.78 is 5.20. The van der Waals surface area contributed by atoms with E-state index in [1.54, 1.807) is 6.07 Å². The molecule has 0 aliphatic rings. The second kappa shape index (κ2) is 7.88. The Morgan fingerprint density at radius 3 is 2.43 bits per heavy atom. The van der Waals surface area contributed by atoms with Gasteiger partial charge in [0.1, 0.15) is 11.5 Å². The molecule has 0 saturated carbocycles. The molecule has 0 fully saturated rings. The van der Waals surface area contributed by atoms with Crippen molar-refractivity contribution in [1.29, 1.82) is 0 Å². The molecule has 114 valence electrons. The first kappa shape index (κ1) is 17.3. The van der Waals surface area contributed by atoms with E-state index in [9.17, 15) is 10.2 Å². The van der Waals surface area contributed by atoms with E-state index in [-0.39, 0.29) is 18.2 Å². The minimum Gasteiger partial charge on any atom is -0.508 e. The van der Waals surface area contributed by atoms with Crippen molar-refractivity contribution in [2.75, 3.05) is 7.11 Å². The van der Waals surface area contributed by atoms with Crippen molar-refractivity contribution in [3.8, 4) is 11.5 Å². The molecule has 5 heteroatoms. The van der Waals surface area contributed by atoms with Crippen LogP contribution >= 0.6 is 12.4 Å². The normalized spacial score (nSPS) is 13.1. The second-order valence-electron chi connectivity index (χ2n) is 4.71. The monoisotopic (exact) mass is 309 g/mol. The third-order valence-electron chi connectivity index (χ3n) is 3.28. The summed E-state index contributed by atoms with van der Waals surface area (Å²) in [5, 5.41) is 19.7. The Morgan fingerprint density at radius 1 is 1.14 bits per heavy atom. The lowest BCUT2D eigenvalue weighted by Gasteiger charge is -2.21. The molecule has 0 bridgehead atoms. The predicted octanol–water partition coefficient (Wildman–Crippen LogP) is 2.43. The van der Waals surface area contributed by atoms with E-state index >= 15 is 0 Å². The first-order valence-corrected chi connectivity index (χ1v) is 6.46. The molecule has 4 nitrogen and oxygen atoms in total. The van der Waals surface area contributed by atoms with E-state index in [2.05, 4.69) is 0 Å². The van der Waals surface area contributed by atoms with Crippen LogP contribution in [0.15, 0.2) is 48.5 Å². The minimum atomic E-state index is -0.726. The van der Waals surface area contributed by atoms with E-state index in [1.165, 1.54) is 19.2 Å². The number of methoxy groups -OCH3 is 1. The minimum absolute atomic E-state index is 0. The van der Waals surface area contributed by atoms with E-state index in [1.807, 2.05) is 30.3 Å². The molecule has 2 atom stereocenters. The largest absolute Gasteiger partial charge is 0.508 e. The quantitative estimate of drug-likeness (QED) is 0.793.